The van der Waals surface area contributed by atoms with E-state index in [9.17, 15) is 8.42 Å². The van der Waals surface area contributed by atoms with Gasteiger partial charge in [0.2, 0.25) is 10.0 Å². The molecule has 0 aromatic heterocycles. The van der Waals surface area contributed by atoms with Gasteiger partial charge in [-0.15, -0.1) is 0 Å². The molecule has 1 saturated heterocycles. The second kappa shape index (κ2) is 5.76. The maximum absolute atomic E-state index is 12.4. The zero-order valence-electron chi connectivity index (χ0n) is 14.1. The fourth-order valence-corrected chi connectivity index (χ4v) is 4.64. The third kappa shape index (κ3) is 3.70. The van der Waals surface area contributed by atoms with Gasteiger partial charge in [0.15, 0.2) is 0 Å². The largest absolute Gasteiger partial charge is 0.484 e. The molecule has 0 amide bonds. The number of rotatable bonds is 1. The summed E-state index contributed by atoms with van der Waals surface area (Å²) in [5, 5.41) is 0. The summed E-state index contributed by atoms with van der Waals surface area (Å²) in [6.45, 7) is 9.97. The number of nitrogens with zero attached hydrogens (tertiary/aromatic N) is 1. The van der Waals surface area contributed by atoms with Crippen LogP contribution in [0, 0.1) is 5.41 Å². The van der Waals surface area contributed by atoms with Crippen molar-refractivity contribution in [3.05, 3.63) is 24.3 Å². The van der Waals surface area contributed by atoms with Gasteiger partial charge in [-0.3, -0.25) is 0 Å². The highest BCUT2D eigenvalue weighted by atomic mass is 32.2. The Hall–Kier alpha value is -1.11. The molecule has 1 aromatic rings. The van der Waals surface area contributed by atoms with Crippen molar-refractivity contribution in [2.75, 3.05) is 26.2 Å². The topological polar surface area (TPSA) is 58.6 Å². The Morgan fingerprint density at radius 1 is 1.22 bits per heavy atom. The number of para-hydroxylation sites is 1. The molecule has 1 aromatic carbocycles. The second-order valence-corrected chi connectivity index (χ2v) is 9.63. The molecule has 128 valence electrons. The number of likely N-dealkylation sites (tertiary alicyclic amines) is 1. The van der Waals surface area contributed by atoms with E-state index in [1.807, 2.05) is 6.07 Å². The normalized spacial score (nSPS) is 23.8. The van der Waals surface area contributed by atoms with Crippen LogP contribution in [0.3, 0.4) is 0 Å². The fourth-order valence-electron chi connectivity index (χ4n) is 3.40. The zero-order valence-corrected chi connectivity index (χ0v) is 14.9. The molecule has 0 saturated carbocycles. The van der Waals surface area contributed by atoms with E-state index in [0.29, 0.717) is 12.3 Å². The summed E-state index contributed by atoms with van der Waals surface area (Å²) in [7, 11) is -3.48. The van der Waals surface area contributed by atoms with Crippen molar-refractivity contribution < 1.29 is 13.2 Å². The molecule has 2 heterocycles. The van der Waals surface area contributed by atoms with Gasteiger partial charge in [-0.1, -0.05) is 32.9 Å². The van der Waals surface area contributed by atoms with E-state index in [1.165, 1.54) is 0 Å². The van der Waals surface area contributed by atoms with E-state index in [0.717, 1.165) is 32.5 Å². The van der Waals surface area contributed by atoms with Gasteiger partial charge in [0.05, 0.1) is 6.54 Å². The van der Waals surface area contributed by atoms with Crippen molar-refractivity contribution >= 4 is 10.0 Å². The fraction of sp³-hybridized carbons (Fsp3) is 0.647. The summed E-state index contributed by atoms with van der Waals surface area (Å²) in [6, 6.07) is 6.90. The Morgan fingerprint density at radius 3 is 2.52 bits per heavy atom. The zero-order chi connectivity index (χ0) is 16.7. The molecule has 3 rings (SSSR count). The summed E-state index contributed by atoms with van der Waals surface area (Å²) >= 11 is 0. The van der Waals surface area contributed by atoms with Crippen LogP contribution in [-0.4, -0.2) is 45.1 Å². The maximum atomic E-state index is 12.4. The number of sulfonamides is 1. The molecular weight excluding hydrogens is 312 g/mol. The van der Waals surface area contributed by atoms with Gasteiger partial charge in [0, 0.05) is 32.5 Å². The molecule has 2 aliphatic rings. The Morgan fingerprint density at radius 2 is 1.87 bits per heavy atom. The summed E-state index contributed by atoms with van der Waals surface area (Å²) in [5.74, 6) is 0.474. The highest BCUT2D eigenvalue weighted by molar-refractivity contribution is 7.89. The molecular formula is C17H26N2O3S. The minimum absolute atomic E-state index is 0.244. The first-order chi connectivity index (χ1) is 10.7. The van der Waals surface area contributed by atoms with Crippen molar-refractivity contribution in [2.24, 2.45) is 5.41 Å². The minimum Gasteiger partial charge on any atom is -0.484 e. The molecule has 0 bridgehead atoms. The van der Waals surface area contributed by atoms with Crippen molar-refractivity contribution in [1.82, 2.24) is 9.62 Å². The molecule has 0 unspecified atom stereocenters. The van der Waals surface area contributed by atoms with Crippen LogP contribution in [0.15, 0.2) is 29.2 Å². The third-order valence-electron chi connectivity index (χ3n) is 4.51. The third-order valence-corrected chi connectivity index (χ3v) is 5.96. The number of ether oxygens (including phenoxy) is 1. The second-order valence-electron chi connectivity index (χ2n) is 7.89. The molecule has 23 heavy (non-hydrogen) atoms. The lowest BCUT2D eigenvalue weighted by Crippen LogP contribution is -2.54. The highest BCUT2D eigenvalue weighted by Crippen LogP contribution is 2.35. The quantitative estimate of drug-likeness (QED) is 0.853. The molecule has 1 fully saturated rings. The number of fused-ring (bicyclic) bond motifs is 1. The average molecular weight is 338 g/mol. The molecule has 0 aliphatic carbocycles. The molecule has 2 aliphatic heterocycles. The minimum atomic E-state index is -3.48. The highest BCUT2D eigenvalue weighted by Gasteiger charge is 2.41. The first-order valence-corrected chi connectivity index (χ1v) is 9.68. The number of benzene rings is 1. The van der Waals surface area contributed by atoms with E-state index >= 15 is 0 Å². The standard InChI is InChI=1S/C17H26N2O3S/c1-16(2,3)13-19-10-8-17(9-11-19)12-18-23(20,21)15-7-5-4-6-14(15)22-17/h4-7,18H,8-13H2,1-3H3. The van der Waals surface area contributed by atoms with E-state index < -0.39 is 15.6 Å². The Balaban J connectivity index is 1.78. The van der Waals surface area contributed by atoms with Gasteiger partial charge >= 0.3 is 0 Å². The predicted molar refractivity (Wildman–Crippen MR) is 90.1 cm³/mol. The van der Waals surface area contributed by atoms with Gasteiger partial charge in [0.25, 0.3) is 0 Å². The molecule has 5 nitrogen and oxygen atoms in total. The smallest absolute Gasteiger partial charge is 0.244 e. The number of hydrogen-bond donors (Lipinski definition) is 1. The number of hydrogen-bond acceptors (Lipinski definition) is 4. The van der Waals surface area contributed by atoms with Crippen molar-refractivity contribution in [2.45, 2.75) is 44.1 Å². The summed E-state index contributed by atoms with van der Waals surface area (Å²) in [6.07, 6.45) is 1.67. The van der Waals surface area contributed by atoms with Gasteiger partial charge in [-0.05, 0) is 17.5 Å². The van der Waals surface area contributed by atoms with Crippen LogP contribution >= 0.6 is 0 Å². The number of nitrogens with one attached hydrogen (secondary N) is 1. The van der Waals surface area contributed by atoms with Crippen molar-refractivity contribution in [3.63, 3.8) is 0 Å². The van der Waals surface area contributed by atoms with Crippen LogP contribution in [0.1, 0.15) is 33.6 Å². The lowest BCUT2D eigenvalue weighted by Gasteiger charge is -2.42. The number of piperidine rings is 1. The van der Waals surface area contributed by atoms with Crippen LogP contribution in [0.2, 0.25) is 0 Å². The van der Waals surface area contributed by atoms with Gasteiger partial charge in [-0.25, -0.2) is 13.1 Å². The summed E-state index contributed by atoms with van der Waals surface area (Å²) in [4.78, 5) is 2.69. The van der Waals surface area contributed by atoms with Crippen molar-refractivity contribution in [3.8, 4) is 5.75 Å². The van der Waals surface area contributed by atoms with Crippen molar-refractivity contribution in [1.29, 1.82) is 0 Å². The van der Waals surface area contributed by atoms with E-state index in [2.05, 4.69) is 30.4 Å². The monoisotopic (exact) mass is 338 g/mol. The molecule has 1 N–H and O–H groups in total. The summed E-state index contributed by atoms with van der Waals surface area (Å²) < 4.78 is 33.7. The lowest BCUT2D eigenvalue weighted by molar-refractivity contribution is -0.00184. The predicted octanol–water partition coefficient (Wildman–Crippen LogP) is 2.24. The Kier molecular flexibility index (Phi) is 4.19. The van der Waals surface area contributed by atoms with Gasteiger partial charge < -0.3 is 9.64 Å². The maximum Gasteiger partial charge on any atom is 0.244 e. The van der Waals surface area contributed by atoms with Crippen LogP contribution in [0.4, 0.5) is 0 Å². The van der Waals surface area contributed by atoms with Gasteiger partial charge in [-0.2, -0.15) is 0 Å². The average Bonchev–Trinajstić information content (AvgIpc) is 2.57. The van der Waals surface area contributed by atoms with Crippen LogP contribution in [0.5, 0.6) is 5.75 Å². The summed E-state index contributed by atoms with van der Waals surface area (Å²) in [5.41, 5.74) is -0.170. The van der Waals surface area contributed by atoms with E-state index in [1.54, 1.807) is 18.2 Å². The SMILES string of the molecule is CC(C)(C)CN1CCC2(CC1)CNS(=O)(=O)c1ccccc1O2. The van der Waals surface area contributed by atoms with E-state index in [-0.39, 0.29) is 10.3 Å². The molecule has 1 spiro atoms. The molecule has 6 heteroatoms. The molecule has 0 atom stereocenters. The Bertz CT molecular complexity index is 671. The Labute approximate surface area is 139 Å². The van der Waals surface area contributed by atoms with Crippen LogP contribution in [-0.2, 0) is 10.0 Å². The lowest BCUT2D eigenvalue weighted by atomic mass is 9.88. The van der Waals surface area contributed by atoms with Gasteiger partial charge in [0.1, 0.15) is 16.2 Å². The van der Waals surface area contributed by atoms with Crippen LogP contribution in [0.25, 0.3) is 0 Å². The first kappa shape index (κ1) is 16.7. The molecule has 0 radical (unpaired) electrons. The van der Waals surface area contributed by atoms with Crippen LogP contribution < -0.4 is 9.46 Å². The first-order valence-electron chi connectivity index (χ1n) is 8.19. The van der Waals surface area contributed by atoms with E-state index in [4.69, 9.17) is 4.74 Å².